The zero-order valence-electron chi connectivity index (χ0n) is 8.29. The van der Waals surface area contributed by atoms with E-state index in [2.05, 4.69) is 15.6 Å². The van der Waals surface area contributed by atoms with Crippen LogP contribution in [0.5, 0.6) is 0 Å². The molecule has 1 aliphatic heterocycles. The number of nitrogens with one attached hydrogen (secondary N) is 2. The van der Waals surface area contributed by atoms with E-state index in [1.807, 2.05) is 6.07 Å². The van der Waals surface area contributed by atoms with Crippen LogP contribution in [0.4, 0.5) is 10.9 Å². The number of hydrogen-bond donors (Lipinski definition) is 3. The number of thiazole rings is 1. The molecule has 1 unspecified atom stereocenters. The van der Waals surface area contributed by atoms with Gasteiger partial charge in [0.05, 0.1) is 0 Å². The minimum atomic E-state index is 0. The normalized spacial score (nSPS) is 19.6. The fourth-order valence-electron chi connectivity index (χ4n) is 1.62. The fourth-order valence-corrected chi connectivity index (χ4v) is 2.38. The molecule has 16 heavy (non-hydrogen) atoms. The monoisotopic (exact) mass is 239 g/mol. The van der Waals surface area contributed by atoms with E-state index in [1.54, 1.807) is 0 Å². The van der Waals surface area contributed by atoms with Gasteiger partial charge >= 0.3 is 0 Å². The second-order valence-corrected chi connectivity index (χ2v) is 4.53. The van der Waals surface area contributed by atoms with Gasteiger partial charge in [-0.15, -0.1) is 0 Å². The van der Waals surface area contributed by atoms with E-state index < -0.39 is 0 Å². The maximum Gasteiger partial charge on any atom is 0.186 e. The summed E-state index contributed by atoms with van der Waals surface area (Å²) in [6.07, 6.45) is 2.30. The van der Waals surface area contributed by atoms with Crippen LogP contribution in [0.1, 0.15) is 25.1 Å². The van der Waals surface area contributed by atoms with Crippen molar-refractivity contribution in [3.05, 3.63) is 4.88 Å². The first-order chi connectivity index (χ1) is 7.29. The van der Waals surface area contributed by atoms with Crippen molar-refractivity contribution in [2.24, 2.45) is 0 Å². The maximum atomic E-state index is 8.74. The third-order valence-electron chi connectivity index (χ3n) is 2.38. The van der Waals surface area contributed by atoms with Gasteiger partial charge in [-0.05, 0) is 19.4 Å². The number of nitrogen functional groups attached to an aromatic ring is 1. The van der Waals surface area contributed by atoms with Crippen molar-refractivity contribution >= 4 is 22.3 Å². The van der Waals surface area contributed by atoms with Gasteiger partial charge in [0.15, 0.2) is 10.9 Å². The quantitative estimate of drug-likeness (QED) is 0.726. The van der Waals surface area contributed by atoms with Crippen molar-refractivity contribution in [1.82, 2.24) is 10.3 Å². The number of nitrogens with two attached hydrogens (primary N) is 1. The Morgan fingerprint density at radius 1 is 1.62 bits per heavy atom. The van der Waals surface area contributed by atoms with E-state index in [4.69, 9.17) is 11.0 Å². The highest BCUT2D eigenvalue weighted by Crippen LogP contribution is 2.25. The van der Waals surface area contributed by atoms with Crippen LogP contribution in [0, 0.1) is 11.3 Å². The summed E-state index contributed by atoms with van der Waals surface area (Å²) in [5.41, 5.74) is 5.58. The average molecular weight is 239 g/mol. The number of hydrogen-bond acceptors (Lipinski definition) is 6. The van der Waals surface area contributed by atoms with E-state index >= 15 is 0 Å². The zero-order chi connectivity index (χ0) is 10.7. The van der Waals surface area contributed by atoms with Gasteiger partial charge in [0.2, 0.25) is 0 Å². The van der Waals surface area contributed by atoms with Gasteiger partial charge in [-0.3, -0.25) is 0 Å². The standard InChI is InChI=1S/C9H13N5S.CH4/c10-4-7-8(11)14-9(15-7)13-6-2-1-3-12-5-6;/h6,12H,1-3,5,11H2,(H,13,14);1H4. The summed E-state index contributed by atoms with van der Waals surface area (Å²) in [4.78, 5) is 4.60. The second kappa shape index (κ2) is 5.68. The summed E-state index contributed by atoms with van der Waals surface area (Å²) < 4.78 is 0. The van der Waals surface area contributed by atoms with Crippen molar-refractivity contribution in [2.75, 3.05) is 24.1 Å². The first-order valence-corrected chi connectivity index (χ1v) is 5.75. The lowest BCUT2D eigenvalue weighted by Crippen LogP contribution is -2.38. The highest BCUT2D eigenvalue weighted by molar-refractivity contribution is 7.16. The Bertz CT molecular complexity index is 375. The largest absolute Gasteiger partial charge is 0.382 e. The van der Waals surface area contributed by atoms with E-state index in [0.29, 0.717) is 16.7 Å². The minimum absolute atomic E-state index is 0. The van der Waals surface area contributed by atoms with Gasteiger partial charge in [0.25, 0.3) is 0 Å². The van der Waals surface area contributed by atoms with Crippen molar-refractivity contribution in [1.29, 1.82) is 5.26 Å². The van der Waals surface area contributed by atoms with Gasteiger partial charge in [-0.2, -0.15) is 5.26 Å². The molecule has 2 heterocycles. The lowest BCUT2D eigenvalue weighted by molar-refractivity contribution is 0.480. The van der Waals surface area contributed by atoms with E-state index in [1.165, 1.54) is 17.8 Å². The summed E-state index contributed by atoms with van der Waals surface area (Å²) in [5, 5.41) is 16.1. The number of piperidine rings is 1. The van der Waals surface area contributed by atoms with Crippen LogP contribution in [-0.2, 0) is 0 Å². The molecule has 0 aliphatic carbocycles. The topological polar surface area (TPSA) is 86.8 Å². The molecule has 6 heteroatoms. The Labute approximate surface area is 99.7 Å². The minimum Gasteiger partial charge on any atom is -0.382 e. The molecule has 1 atom stereocenters. The Kier molecular flexibility index (Phi) is 4.52. The highest BCUT2D eigenvalue weighted by Gasteiger charge is 2.15. The Hall–Kier alpha value is -1.32. The van der Waals surface area contributed by atoms with E-state index in [-0.39, 0.29) is 7.43 Å². The van der Waals surface area contributed by atoms with E-state index in [9.17, 15) is 0 Å². The van der Waals surface area contributed by atoms with E-state index in [0.717, 1.165) is 24.6 Å². The smallest absolute Gasteiger partial charge is 0.186 e. The first-order valence-electron chi connectivity index (χ1n) is 4.93. The maximum absolute atomic E-state index is 8.74. The third kappa shape index (κ3) is 2.84. The summed E-state index contributed by atoms with van der Waals surface area (Å²) >= 11 is 1.32. The molecule has 5 nitrogen and oxygen atoms in total. The van der Waals surface area contributed by atoms with Crippen LogP contribution in [-0.4, -0.2) is 24.1 Å². The Morgan fingerprint density at radius 3 is 3.00 bits per heavy atom. The first kappa shape index (κ1) is 12.7. The molecule has 2 rings (SSSR count). The molecule has 1 aromatic heterocycles. The zero-order valence-corrected chi connectivity index (χ0v) is 9.10. The van der Waals surface area contributed by atoms with Crippen molar-refractivity contribution in [2.45, 2.75) is 26.3 Å². The second-order valence-electron chi connectivity index (χ2n) is 3.53. The number of aromatic nitrogens is 1. The number of rotatable bonds is 2. The van der Waals surface area contributed by atoms with Crippen molar-refractivity contribution in [3.63, 3.8) is 0 Å². The number of nitriles is 1. The molecule has 0 bridgehead atoms. The molecular weight excluding hydrogens is 222 g/mol. The molecule has 0 amide bonds. The predicted molar refractivity (Wildman–Crippen MR) is 67.5 cm³/mol. The van der Waals surface area contributed by atoms with Crippen molar-refractivity contribution < 1.29 is 0 Å². The lowest BCUT2D eigenvalue weighted by atomic mass is 10.1. The van der Waals surface area contributed by atoms with Crippen molar-refractivity contribution in [3.8, 4) is 6.07 Å². The van der Waals surface area contributed by atoms with Crippen LogP contribution in [0.3, 0.4) is 0 Å². The summed E-state index contributed by atoms with van der Waals surface area (Å²) in [5.74, 6) is 0.328. The molecule has 1 saturated heterocycles. The molecular formula is C10H17N5S. The Morgan fingerprint density at radius 2 is 2.44 bits per heavy atom. The van der Waals surface area contributed by atoms with Crippen LogP contribution < -0.4 is 16.4 Å². The molecule has 1 aliphatic rings. The van der Waals surface area contributed by atoms with Gasteiger partial charge in [-0.25, -0.2) is 4.98 Å². The Balaban J connectivity index is 0.00000128. The molecule has 1 fully saturated rings. The molecule has 4 N–H and O–H groups in total. The van der Waals surface area contributed by atoms with Crippen LogP contribution in [0.15, 0.2) is 0 Å². The SMILES string of the molecule is C.N#Cc1sc(NC2CCCNC2)nc1N. The van der Waals surface area contributed by atoms with Gasteiger partial charge in [0.1, 0.15) is 10.9 Å². The molecule has 88 valence electrons. The van der Waals surface area contributed by atoms with Gasteiger partial charge < -0.3 is 16.4 Å². The summed E-state index contributed by atoms with van der Waals surface area (Å²) in [6.45, 7) is 2.03. The highest BCUT2D eigenvalue weighted by atomic mass is 32.1. The lowest BCUT2D eigenvalue weighted by Gasteiger charge is -2.23. The molecule has 1 aromatic rings. The predicted octanol–water partition coefficient (Wildman–Crippen LogP) is 1.40. The van der Waals surface area contributed by atoms with Gasteiger partial charge in [0, 0.05) is 12.6 Å². The van der Waals surface area contributed by atoms with Crippen LogP contribution in [0.25, 0.3) is 0 Å². The number of nitrogens with zero attached hydrogens (tertiary/aromatic N) is 2. The third-order valence-corrected chi connectivity index (χ3v) is 3.29. The van der Waals surface area contributed by atoms with Gasteiger partial charge in [-0.1, -0.05) is 18.8 Å². The van der Waals surface area contributed by atoms with Crippen LogP contribution in [0.2, 0.25) is 0 Å². The fraction of sp³-hybridized carbons (Fsp3) is 0.600. The molecule has 0 radical (unpaired) electrons. The summed E-state index contributed by atoms with van der Waals surface area (Å²) in [6, 6.07) is 2.43. The molecule has 0 saturated carbocycles. The molecule has 0 aromatic carbocycles. The number of anilines is 2. The summed E-state index contributed by atoms with van der Waals surface area (Å²) in [7, 11) is 0. The van der Waals surface area contributed by atoms with Crippen LogP contribution >= 0.6 is 11.3 Å². The average Bonchev–Trinajstić information content (AvgIpc) is 2.60. The molecule has 0 spiro atoms.